The molecule has 1 heterocycles. The van der Waals surface area contributed by atoms with Gasteiger partial charge in [0.2, 0.25) is 5.88 Å². The monoisotopic (exact) mass is 209 g/mol. The lowest BCUT2D eigenvalue weighted by atomic mass is 10.5. The summed E-state index contributed by atoms with van der Waals surface area (Å²) >= 11 is -0.198. The molecule has 0 aliphatic rings. The number of alkyl halides is 3. The van der Waals surface area contributed by atoms with Crippen molar-refractivity contribution in [2.24, 2.45) is 0 Å². The van der Waals surface area contributed by atoms with Crippen LogP contribution in [0.3, 0.4) is 0 Å². The van der Waals surface area contributed by atoms with Crippen molar-refractivity contribution >= 4 is 11.8 Å². The largest absolute Gasteiger partial charge is 0.481 e. The SMILES string of the molecule is COc1ccc(SC(F)(F)F)cn1. The Hall–Kier alpha value is -0.910. The molecule has 2 nitrogen and oxygen atoms in total. The van der Waals surface area contributed by atoms with Gasteiger partial charge in [-0.05, 0) is 17.8 Å². The van der Waals surface area contributed by atoms with Gasteiger partial charge in [-0.3, -0.25) is 0 Å². The molecule has 0 bridgehead atoms. The molecular weight excluding hydrogens is 203 g/mol. The zero-order valence-electron chi connectivity index (χ0n) is 6.63. The van der Waals surface area contributed by atoms with E-state index in [4.69, 9.17) is 4.74 Å². The second kappa shape index (κ2) is 3.87. The van der Waals surface area contributed by atoms with Crippen LogP contribution >= 0.6 is 11.8 Å². The fraction of sp³-hybridized carbons (Fsp3) is 0.286. The van der Waals surface area contributed by atoms with E-state index in [1.54, 1.807) is 0 Å². The number of hydrogen-bond donors (Lipinski definition) is 0. The van der Waals surface area contributed by atoms with Crippen molar-refractivity contribution in [2.45, 2.75) is 10.4 Å². The molecule has 0 atom stereocenters. The van der Waals surface area contributed by atoms with Crippen LogP contribution in [0.1, 0.15) is 0 Å². The van der Waals surface area contributed by atoms with Crippen molar-refractivity contribution in [3.63, 3.8) is 0 Å². The van der Waals surface area contributed by atoms with Crippen LogP contribution in [0, 0.1) is 0 Å². The molecule has 0 unspecified atom stereocenters. The minimum absolute atomic E-state index is 0.0494. The second-order valence-corrected chi connectivity index (χ2v) is 3.22. The maximum Gasteiger partial charge on any atom is 0.446 e. The maximum atomic E-state index is 11.8. The summed E-state index contributed by atoms with van der Waals surface area (Å²) in [7, 11) is 1.40. The third-order valence-corrected chi connectivity index (χ3v) is 1.86. The minimum Gasteiger partial charge on any atom is -0.481 e. The van der Waals surface area contributed by atoms with Gasteiger partial charge in [-0.25, -0.2) is 4.98 Å². The molecule has 0 fully saturated rings. The molecule has 6 heteroatoms. The summed E-state index contributed by atoms with van der Waals surface area (Å²) in [5.41, 5.74) is -4.27. The van der Waals surface area contributed by atoms with Gasteiger partial charge in [0.15, 0.2) is 0 Å². The summed E-state index contributed by atoms with van der Waals surface area (Å²) in [5.74, 6) is 0.298. The lowest BCUT2D eigenvalue weighted by Gasteiger charge is -2.04. The average Bonchev–Trinajstić information content (AvgIpc) is 2.03. The molecule has 72 valence electrons. The summed E-state index contributed by atoms with van der Waals surface area (Å²) in [5, 5.41) is 0. The fourth-order valence-electron chi connectivity index (χ4n) is 0.681. The topological polar surface area (TPSA) is 22.1 Å². The maximum absolute atomic E-state index is 11.8. The van der Waals surface area contributed by atoms with Gasteiger partial charge in [0, 0.05) is 17.2 Å². The van der Waals surface area contributed by atoms with Crippen molar-refractivity contribution < 1.29 is 17.9 Å². The first-order valence-electron chi connectivity index (χ1n) is 3.27. The predicted molar refractivity (Wildman–Crippen MR) is 42.7 cm³/mol. The number of ether oxygens (including phenoxy) is 1. The first-order chi connectivity index (χ1) is 6.01. The Morgan fingerprint density at radius 1 is 1.38 bits per heavy atom. The van der Waals surface area contributed by atoms with E-state index < -0.39 is 5.51 Å². The highest BCUT2D eigenvalue weighted by molar-refractivity contribution is 8.00. The van der Waals surface area contributed by atoms with Gasteiger partial charge in [0.05, 0.1) is 7.11 Å². The normalized spacial score (nSPS) is 11.4. The zero-order chi connectivity index (χ0) is 9.90. The number of thioether (sulfide) groups is 1. The molecule has 13 heavy (non-hydrogen) atoms. The van der Waals surface area contributed by atoms with E-state index in [0.717, 1.165) is 6.20 Å². The molecule has 1 aromatic rings. The molecule has 1 rings (SSSR count). The van der Waals surface area contributed by atoms with Crippen LogP contribution in [0.25, 0.3) is 0 Å². The average molecular weight is 209 g/mol. The molecule has 0 radical (unpaired) electrons. The van der Waals surface area contributed by atoms with E-state index in [-0.39, 0.29) is 16.7 Å². The highest BCUT2D eigenvalue weighted by Gasteiger charge is 2.29. The summed E-state index contributed by atoms with van der Waals surface area (Å²) < 4.78 is 40.2. The van der Waals surface area contributed by atoms with Crippen LogP contribution in [0.2, 0.25) is 0 Å². The highest BCUT2D eigenvalue weighted by atomic mass is 32.2. The number of halogens is 3. The quantitative estimate of drug-likeness (QED) is 0.699. The van der Waals surface area contributed by atoms with Gasteiger partial charge in [0.1, 0.15) is 0 Å². The standard InChI is InChI=1S/C7H6F3NOS/c1-12-6-3-2-5(4-11-6)13-7(8,9)10/h2-4H,1H3. The molecular formula is C7H6F3NOS. The molecule has 0 N–H and O–H groups in total. The Bertz CT molecular complexity index is 272. The Labute approximate surface area is 77.1 Å². The Morgan fingerprint density at radius 3 is 2.46 bits per heavy atom. The Balaban J connectivity index is 2.70. The third kappa shape index (κ3) is 3.54. The zero-order valence-corrected chi connectivity index (χ0v) is 7.45. The molecule has 0 aliphatic heterocycles. The summed E-state index contributed by atoms with van der Waals surface area (Å²) in [6.07, 6.45) is 1.12. The van der Waals surface area contributed by atoms with Crippen LogP contribution in [-0.2, 0) is 0 Å². The molecule has 0 aliphatic carbocycles. The smallest absolute Gasteiger partial charge is 0.446 e. The summed E-state index contributed by atoms with van der Waals surface area (Å²) in [6.45, 7) is 0. The van der Waals surface area contributed by atoms with E-state index >= 15 is 0 Å². The van der Waals surface area contributed by atoms with Gasteiger partial charge in [0.25, 0.3) is 0 Å². The van der Waals surface area contributed by atoms with Gasteiger partial charge >= 0.3 is 5.51 Å². The summed E-state index contributed by atoms with van der Waals surface area (Å²) in [6, 6.07) is 2.69. The molecule has 0 amide bonds. The van der Waals surface area contributed by atoms with Crippen LogP contribution < -0.4 is 4.74 Å². The van der Waals surface area contributed by atoms with E-state index in [9.17, 15) is 13.2 Å². The molecule has 0 spiro atoms. The van der Waals surface area contributed by atoms with Gasteiger partial charge in [-0.2, -0.15) is 13.2 Å². The van der Waals surface area contributed by atoms with Crippen molar-refractivity contribution in [2.75, 3.05) is 7.11 Å². The molecule has 1 aromatic heterocycles. The van der Waals surface area contributed by atoms with Crippen molar-refractivity contribution in [3.8, 4) is 5.88 Å². The van der Waals surface area contributed by atoms with Crippen LogP contribution in [0.5, 0.6) is 5.88 Å². The minimum atomic E-state index is -4.27. The number of hydrogen-bond acceptors (Lipinski definition) is 3. The predicted octanol–water partition coefficient (Wildman–Crippen LogP) is 2.70. The second-order valence-electron chi connectivity index (χ2n) is 2.08. The summed E-state index contributed by atoms with van der Waals surface area (Å²) in [4.78, 5) is 3.69. The number of nitrogens with zero attached hydrogens (tertiary/aromatic N) is 1. The van der Waals surface area contributed by atoms with E-state index in [2.05, 4.69) is 4.98 Å². The van der Waals surface area contributed by atoms with Gasteiger partial charge < -0.3 is 4.74 Å². The molecule has 0 saturated carbocycles. The first kappa shape index (κ1) is 10.2. The van der Waals surface area contributed by atoms with Gasteiger partial charge in [-0.1, -0.05) is 0 Å². The Morgan fingerprint density at radius 2 is 2.08 bits per heavy atom. The number of rotatable bonds is 2. The number of methoxy groups -OCH3 is 1. The van der Waals surface area contributed by atoms with Crippen LogP contribution in [0.4, 0.5) is 13.2 Å². The lowest BCUT2D eigenvalue weighted by Crippen LogP contribution is -1.99. The van der Waals surface area contributed by atoms with Gasteiger partial charge in [-0.15, -0.1) is 0 Å². The van der Waals surface area contributed by atoms with E-state index in [1.165, 1.54) is 19.2 Å². The van der Waals surface area contributed by atoms with Crippen molar-refractivity contribution in [1.82, 2.24) is 4.98 Å². The highest BCUT2D eigenvalue weighted by Crippen LogP contribution is 2.36. The van der Waals surface area contributed by atoms with E-state index in [1.807, 2.05) is 0 Å². The van der Waals surface area contributed by atoms with Crippen LogP contribution in [-0.4, -0.2) is 17.6 Å². The first-order valence-corrected chi connectivity index (χ1v) is 4.09. The van der Waals surface area contributed by atoms with Crippen molar-refractivity contribution in [1.29, 1.82) is 0 Å². The molecule has 0 saturated heterocycles. The molecule has 0 aromatic carbocycles. The van der Waals surface area contributed by atoms with E-state index in [0.29, 0.717) is 5.88 Å². The fourth-order valence-corrected chi connectivity index (χ4v) is 1.19. The number of pyridine rings is 1. The van der Waals surface area contributed by atoms with Crippen molar-refractivity contribution in [3.05, 3.63) is 18.3 Å². The third-order valence-electron chi connectivity index (χ3n) is 1.15. The Kier molecular flexibility index (Phi) is 3.02. The van der Waals surface area contributed by atoms with Crippen LogP contribution in [0.15, 0.2) is 23.2 Å². The number of aromatic nitrogens is 1. The lowest BCUT2D eigenvalue weighted by molar-refractivity contribution is -0.0328.